The van der Waals surface area contributed by atoms with Crippen LogP contribution in [-0.4, -0.2) is 7.11 Å². The van der Waals surface area contributed by atoms with E-state index in [0.717, 1.165) is 12.2 Å². The number of rotatable bonds is 1. The zero-order valence-electron chi connectivity index (χ0n) is 11.2. The lowest BCUT2D eigenvalue weighted by molar-refractivity contribution is 0.412. The van der Waals surface area contributed by atoms with Crippen LogP contribution in [0.5, 0.6) is 5.75 Å². The first kappa shape index (κ1) is 10.9. The SMILES string of the molecule is COc1ccc2c(c1)C1(C)Nc3ccccc3C1C2. The lowest BCUT2D eigenvalue weighted by atomic mass is 9.85. The van der Waals surface area contributed by atoms with Gasteiger partial charge in [-0.3, -0.25) is 0 Å². The number of ether oxygens (including phenoxy) is 1. The van der Waals surface area contributed by atoms with Gasteiger partial charge in [0.05, 0.1) is 12.6 Å². The molecule has 19 heavy (non-hydrogen) atoms. The van der Waals surface area contributed by atoms with Gasteiger partial charge in [-0.15, -0.1) is 0 Å². The standard InChI is InChI=1S/C17H17NO/c1-17-14-10-12(19-2)8-7-11(14)9-15(17)13-5-3-4-6-16(13)18-17/h3-8,10,15,18H,9H2,1-2H3. The van der Waals surface area contributed by atoms with Crippen molar-refractivity contribution < 1.29 is 4.74 Å². The van der Waals surface area contributed by atoms with E-state index in [1.54, 1.807) is 7.11 Å². The zero-order chi connectivity index (χ0) is 13.0. The molecule has 0 aromatic heterocycles. The quantitative estimate of drug-likeness (QED) is 0.835. The highest BCUT2D eigenvalue weighted by molar-refractivity contribution is 5.67. The predicted octanol–water partition coefficient (Wildman–Crippen LogP) is 3.68. The van der Waals surface area contributed by atoms with Gasteiger partial charge in [-0.1, -0.05) is 24.3 Å². The number of hydrogen-bond donors (Lipinski definition) is 1. The first-order chi connectivity index (χ1) is 9.22. The van der Waals surface area contributed by atoms with E-state index in [9.17, 15) is 0 Å². The Morgan fingerprint density at radius 1 is 1.21 bits per heavy atom. The van der Waals surface area contributed by atoms with Crippen LogP contribution in [0.25, 0.3) is 0 Å². The van der Waals surface area contributed by atoms with Gasteiger partial charge in [0.2, 0.25) is 0 Å². The van der Waals surface area contributed by atoms with E-state index in [0.29, 0.717) is 5.92 Å². The van der Waals surface area contributed by atoms with Crippen LogP contribution >= 0.6 is 0 Å². The molecule has 2 nitrogen and oxygen atoms in total. The summed E-state index contributed by atoms with van der Waals surface area (Å²) in [6, 6.07) is 15.1. The largest absolute Gasteiger partial charge is 0.497 e. The molecule has 1 N–H and O–H groups in total. The topological polar surface area (TPSA) is 21.3 Å². The molecule has 0 saturated carbocycles. The van der Waals surface area contributed by atoms with Crippen LogP contribution in [0.2, 0.25) is 0 Å². The van der Waals surface area contributed by atoms with Crippen LogP contribution in [0.3, 0.4) is 0 Å². The Morgan fingerprint density at radius 2 is 2.05 bits per heavy atom. The minimum absolute atomic E-state index is 0.00750. The Kier molecular flexibility index (Phi) is 2.03. The number of fused-ring (bicyclic) bond motifs is 5. The Bertz CT molecular complexity index is 664. The van der Waals surface area contributed by atoms with E-state index in [2.05, 4.69) is 54.7 Å². The smallest absolute Gasteiger partial charge is 0.119 e. The summed E-state index contributed by atoms with van der Waals surface area (Å²) >= 11 is 0. The van der Waals surface area contributed by atoms with Crippen LogP contribution < -0.4 is 10.1 Å². The fraction of sp³-hybridized carbons (Fsp3) is 0.294. The van der Waals surface area contributed by atoms with E-state index >= 15 is 0 Å². The maximum atomic E-state index is 5.38. The van der Waals surface area contributed by atoms with Crippen LogP contribution in [-0.2, 0) is 12.0 Å². The second kappa shape index (κ2) is 3.53. The van der Waals surface area contributed by atoms with Crippen molar-refractivity contribution in [3.8, 4) is 5.75 Å². The van der Waals surface area contributed by atoms with Crippen molar-refractivity contribution in [2.75, 3.05) is 12.4 Å². The molecule has 2 aromatic rings. The van der Waals surface area contributed by atoms with Crippen LogP contribution in [0.1, 0.15) is 29.5 Å². The summed E-state index contributed by atoms with van der Waals surface area (Å²) in [6.45, 7) is 2.31. The molecule has 2 atom stereocenters. The van der Waals surface area contributed by atoms with Crippen LogP contribution in [0, 0.1) is 0 Å². The summed E-state index contributed by atoms with van der Waals surface area (Å²) in [7, 11) is 1.73. The van der Waals surface area contributed by atoms with E-state index in [-0.39, 0.29) is 5.54 Å². The van der Waals surface area contributed by atoms with E-state index in [1.165, 1.54) is 22.4 Å². The molecule has 0 fully saturated rings. The van der Waals surface area contributed by atoms with Crippen molar-refractivity contribution in [3.63, 3.8) is 0 Å². The minimum Gasteiger partial charge on any atom is -0.497 e. The molecular weight excluding hydrogens is 234 g/mol. The molecule has 2 aromatic carbocycles. The van der Waals surface area contributed by atoms with Gasteiger partial charge in [0.25, 0.3) is 0 Å². The third kappa shape index (κ3) is 1.31. The highest BCUT2D eigenvalue weighted by Crippen LogP contribution is 2.55. The number of hydrogen-bond acceptors (Lipinski definition) is 2. The number of benzene rings is 2. The van der Waals surface area contributed by atoms with Crippen molar-refractivity contribution in [1.29, 1.82) is 0 Å². The lowest BCUT2D eigenvalue weighted by Crippen LogP contribution is -2.29. The molecule has 0 bridgehead atoms. The molecule has 4 rings (SSSR count). The zero-order valence-corrected chi connectivity index (χ0v) is 11.2. The summed E-state index contributed by atoms with van der Waals surface area (Å²) in [6.07, 6.45) is 1.11. The molecule has 0 radical (unpaired) electrons. The van der Waals surface area contributed by atoms with E-state index in [1.807, 2.05) is 0 Å². The first-order valence-corrected chi connectivity index (χ1v) is 6.77. The minimum atomic E-state index is 0.00750. The fourth-order valence-electron chi connectivity index (χ4n) is 3.73. The monoisotopic (exact) mass is 251 g/mol. The number of para-hydroxylation sites is 1. The summed E-state index contributed by atoms with van der Waals surface area (Å²) in [5.74, 6) is 1.48. The Balaban J connectivity index is 1.88. The Labute approximate surface area is 113 Å². The summed E-state index contributed by atoms with van der Waals surface area (Å²) < 4.78 is 5.38. The van der Waals surface area contributed by atoms with Gasteiger partial charge >= 0.3 is 0 Å². The van der Waals surface area contributed by atoms with Gasteiger partial charge in [-0.2, -0.15) is 0 Å². The molecule has 96 valence electrons. The molecule has 1 aliphatic carbocycles. The Morgan fingerprint density at radius 3 is 2.89 bits per heavy atom. The van der Waals surface area contributed by atoms with E-state index < -0.39 is 0 Å². The van der Waals surface area contributed by atoms with Crippen molar-refractivity contribution in [2.45, 2.75) is 24.8 Å². The van der Waals surface area contributed by atoms with Gasteiger partial charge in [0.1, 0.15) is 5.75 Å². The van der Waals surface area contributed by atoms with E-state index in [4.69, 9.17) is 4.74 Å². The molecule has 1 aliphatic heterocycles. The van der Waals surface area contributed by atoms with Gasteiger partial charge < -0.3 is 10.1 Å². The molecule has 2 unspecified atom stereocenters. The second-order valence-electron chi connectivity index (χ2n) is 5.69. The Hall–Kier alpha value is -1.96. The number of nitrogens with one attached hydrogen (secondary N) is 1. The third-order valence-electron chi connectivity index (χ3n) is 4.73. The van der Waals surface area contributed by atoms with Crippen molar-refractivity contribution in [3.05, 3.63) is 59.2 Å². The molecule has 0 spiro atoms. The maximum Gasteiger partial charge on any atom is 0.119 e. The maximum absolute atomic E-state index is 5.38. The number of methoxy groups -OCH3 is 1. The average molecular weight is 251 g/mol. The van der Waals surface area contributed by atoms with Crippen molar-refractivity contribution in [2.24, 2.45) is 0 Å². The van der Waals surface area contributed by atoms with Gasteiger partial charge in [-0.05, 0) is 48.2 Å². The van der Waals surface area contributed by atoms with Gasteiger partial charge in [0, 0.05) is 11.6 Å². The van der Waals surface area contributed by atoms with Gasteiger partial charge in [0.15, 0.2) is 0 Å². The molecule has 2 heteroatoms. The molecule has 0 saturated heterocycles. The molecule has 2 aliphatic rings. The molecule has 0 amide bonds. The van der Waals surface area contributed by atoms with Crippen molar-refractivity contribution >= 4 is 5.69 Å². The second-order valence-corrected chi connectivity index (χ2v) is 5.69. The summed E-state index contributed by atoms with van der Waals surface area (Å²) in [5.41, 5.74) is 5.56. The molecular formula is C17H17NO. The average Bonchev–Trinajstić information content (AvgIpc) is 2.87. The molecule has 1 heterocycles. The van der Waals surface area contributed by atoms with Crippen molar-refractivity contribution in [1.82, 2.24) is 0 Å². The highest BCUT2D eigenvalue weighted by Gasteiger charge is 2.48. The van der Waals surface area contributed by atoms with Crippen LogP contribution in [0.15, 0.2) is 42.5 Å². The third-order valence-corrected chi connectivity index (χ3v) is 4.73. The highest BCUT2D eigenvalue weighted by atomic mass is 16.5. The summed E-state index contributed by atoms with van der Waals surface area (Å²) in [4.78, 5) is 0. The predicted molar refractivity (Wildman–Crippen MR) is 76.9 cm³/mol. The number of anilines is 1. The first-order valence-electron chi connectivity index (χ1n) is 6.77. The lowest BCUT2D eigenvalue weighted by Gasteiger charge is -2.27. The van der Waals surface area contributed by atoms with Crippen LogP contribution in [0.4, 0.5) is 5.69 Å². The summed E-state index contributed by atoms with van der Waals surface area (Å²) in [5, 5.41) is 3.72. The normalized spacial score (nSPS) is 26.3. The fourth-order valence-corrected chi connectivity index (χ4v) is 3.73. The van der Waals surface area contributed by atoms with Gasteiger partial charge in [-0.25, -0.2) is 0 Å².